The fourth-order valence-corrected chi connectivity index (χ4v) is 2.20. The van der Waals surface area contributed by atoms with Gasteiger partial charge in [0, 0.05) is 12.1 Å². The minimum Gasteiger partial charge on any atom is -0.545 e. The smallest absolute Gasteiger partial charge is 0.545 e. The molecule has 1 aromatic rings. The molecule has 0 bridgehead atoms. The Morgan fingerprint density at radius 3 is 2.35 bits per heavy atom. The Kier molecular flexibility index (Phi) is 12.0. The van der Waals surface area contributed by atoms with Crippen LogP contribution in [0.1, 0.15) is 62.2 Å². The number of alkyl halides is 1. The number of amides is 1. The number of rotatable bonds is 10. The van der Waals surface area contributed by atoms with E-state index in [9.17, 15) is 19.1 Å². The fourth-order valence-electron chi connectivity index (χ4n) is 2.20. The molecule has 1 aromatic carbocycles. The van der Waals surface area contributed by atoms with Gasteiger partial charge in [-0.25, -0.2) is 4.39 Å². The first-order valence-electron chi connectivity index (χ1n) is 7.78. The van der Waals surface area contributed by atoms with Gasteiger partial charge in [-0.1, -0.05) is 38.3 Å². The van der Waals surface area contributed by atoms with Crippen LogP contribution in [-0.2, 0) is 4.79 Å². The number of unbranched alkanes of at least 4 members (excludes halogenated alkanes) is 2. The third-order valence-electron chi connectivity index (χ3n) is 3.43. The normalized spacial score (nSPS) is 11.4. The first kappa shape index (κ1) is 22.1. The van der Waals surface area contributed by atoms with E-state index in [4.69, 9.17) is 0 Å². The Labute approximate surface area is 159 Å². The molecule has 0 aliphatic heterocycles. The van der Waals surface area contributed by atoms with Crippen LogP contribution in [0.4, 0.5) is 10.1 Å². The number of hydrogen-bond acceptors (Lipinski definition) is 3. The molecular weight excluding hydrogens is 308 g/mol. The van der Waals surface area contributed by atoms with Gasteiger partial charge in [0.2, 0.25) is 5.91 Å². The molecule has 1 N–H and O–H groups in total. The number of anilines is 1. The van der Waals surface area contributed by atoms with Crippen molar-refractivity contribution in [3.05, 3.63) is 29.8 Å². The Balaban J connectivity index is 0.00000484. The topological polar surface area (TPSA) is 69.2 Å². The van der Waals surface area contributed by atoms with E-state index in [0.717, 1.165) is 25.7 Å². The van der Waals surface area contributed by atoms with Crippen molar-refractivity contribution in [1.29, 1.82) is 0 Å². The maximum Gasteiger partial charge on any atom is 1.00 e. The molecule has 1 unspecified atom stereocenters. The minimum absolute atomic E-state index is 0. The Bertz CT molecular complexity index is 479. The molecule has 0 saturated carbocycles. The number of carboxylic acid groups (broad SMARTS) is 1. The summed E-state index contributed by atoms with van der Waals surface area (Å²) in [5.41, 5.74) is 0.632. The summed E-state index contributed by atoms with van der Waals surface area (Å²) < 4.78 is 13.2. The summed E-state index contributed by atoms with van der Waals surface area (Å²) in [5, 5.41) is 13.3. The number of carbonyl (C=O) groups is 2. The summed E-state index contributed by atoms with van der Waals surface area (Å²) in [6.45, 7) is 1.97. The predicted molar refractivity (Wildman–Crippen MR) is 82.3 cm³/mol. The molecule has 0 saturated heterocycles. The van der Waals surface area contributed by atoms with Crippen molar-refractivity contribution < 1.29 is 48.6 Å². The van der Waals surface area contributed by atoms with Gasteiger partial charge < -0.3 is 15.2 Å². The van der Waals surface area contributed by atoms with Crippen LogP contribution in [0.5, 0.6) is 0 Å². The van der Waals surface area contributed by atoms with Crippen LogP contribution in [0.25, 0.3) is 0 Å². The number of nitrogens with one attached hydrogen (secondary N) is 1. The second-order valence-corrected chi connectivity index (χ2v) is 5.40. The van der Waals surface area contributed by atoms with Gasteiger partial charge in [0.1, 0.15) is 6.17 Å². The van der Waals surface area contributed by atoms with Crippen molar-refractivity contribution in [3.8, 4) is 0 Å². The molecule has 122 valence electrons. The minimum atomic E-state index is -1.24. The number of carboxylic acids is 1. The standard InChI is InChI=1S/C17H24FNO3.Na/c1-2-6-14(18)7-4-3-5-8-16(20)19-15-11-9-13(10-12-15)17(21)22;/h9-12,14H,2-8H2,1H3,(H,19,20)(H,21,22);/q;+1/p-1. The average molecular weight is 331 g/mol. The summed E-state index contributed by atoms with van der Waals surface area (Å²) in [6.07, 6.45) is 4.06. The number of halogens is 1. The second kappa shape index (κ2) is 12.5. The van der Waals surface area contributed by atoms with Gasteiger partial charge in [-0.05, 0) is 37.0 Å². The molecule has 4 nitrogen and oxygen atoms in total. The van der Waals surface area contributed by atoms with E-state index in [-0.39, 0.29) is 41.0 Å². The van der Waals surface area contributed by atoms with E-state index < -0.39 is 12.1 Å². The molecule has 0 aliphatic carbocycles. The van der Waals surface area contributed by atoms with Crippen molar-refractivity contribution in [2.75, 3.05) is 5.32 Å². The molecule has 0 radical (unpaired) electrons. The molecular formula is C17H23FNNaO3. The van der Waals surface area contributed by atoms with Crippen LogP contribution in [0, 0.1) is 0 Å². The average Bonchev–Trinajstić information content (AvgIpc) is 2.47. The number of aromatic carboxylic acids is 1. The molecule has 1 atom stereocenters. The van der Waals surface area contributed by atoms with Crippen LogP contribution in [-0.4, -0.2) is 18.0 Å². The van der Waals surface area contributed by atoms with Gasteiger partial charge in [0.15, 0.2) is 0 Å². The van der Waals surface area contributed by atoms with Gasteiger partial charge in [0.25, 0.3) is 0 Å². The van der Waals surface area contributed by atoms with Crippen LogP contribution in [0.3, 0.4) is 0 Å². The van der Waals surface area contributed by atoms with E-state index in [1.165, 1.54) is 24.3 Å². The Morgan fingerprint density at radius 2 is 1.78 bits per heavy atom. The zero-order valence-electron chi connectivity index (χ0n) is 13.9. The molecule has 0 aliphatic rings. The molecule has 6 heteroatoms. The maximum atomic E-state index is 13.2. The second-order valence-electron chi connectivity index (χ2n) is 5.40. The van der Waals surface area contributed by atoms with E-state index in [1.807, 2.05) is 6.92 Å². The monoisotopic (exact) mass is 331 g/mol. The van der Waals surface area contributed by atoms with E-state index in [0.29, 0.717) is 24.9 Å². The van der Waals surface area contributed by atoms with Crippen molar-refractivity contribution in [3.63, 3.8) is 0 Å². The summed E-state index contributed by atoms with van der Waals surface area (Å²) in [6, 6.07) is 5.84. The summed E-state index contributed by atoms with van der Waals surface area (Å²) in [4.78, 5) is 22.3. The quantitative estimate of drug-likeness (QED) is 0.488. The number of carbonyl (C=O) groups excluding carboxylic acids is 2. The van der Waals surface area contributed by atoms with Gasteiger partial charge in [0.05, 0.1) is 5.97 Å². The van der Waals surface area contributed by atoms with E-state index >= 15 is 0 Å². The predicted octanol–water partition coefficient (Wildman–Crippen LogP) is 0.0813. The van der Waals surface area contributed by atoms with Crippen LogP contribution in [0.15, 0.2) is 24.3 Å². The van der Waals surface area contributed by atoms with Gasteiger partial charge in [-0.3, -0.25) is 4.79 Å². The molecule has 1 amide bonds. The fraction of sp³-hybridized carbons (Fsp3) is 0.529. The summed E-state index contributed by atoms with van der Waals surface area (Å²) in [7, 11) is 0. The molecule has 23 heavy (non-hydrogen) atoms. The van der Waals surface area contributed by atoms with E-state index in [1.54, 1.807) is 0 Å². The summed E-state index contributed by atoms with van der Waals surface area (Å²) in [5.74, 6) is -1.36. The van der Waals surface area contributed by atoms with Crippen LogP contribution >= 0.6 is 0 Å². The first-order chi connectivity index (χ1) is 10.5. The molecule has 0 fully saturated rings. The zero-order valence-corrected chi connectivity index (χ0v) is 15.9. The number of benzene rings is 1. The maximum absolute atomic E-state index is 13.2. The molecule has 0 heterocycles. The molecule has 0 spiro atoms. The van der Waals surface area contributed by atoms with E-state index in [2.05, 4.69) is 5.32 Å². The third-order valence-corrected chi connectivity index (χ3v) is 3.43. The Morgan fingerprint density at radius 1 is 1.13 bits per heavy atom. The third kappa shape index (κ3) is 9.74. The SMILES string of the molecule is CCCC(F)CCCCCC(=O)Nc1ccc(C(=O)[O-])cc1.[Na+]. The van der Waals surface area contributed by atoms with Crippen molar-refractivity contribution in [2.45, 2.75) is 58.0 Å². The van der Waals surface area contributed by atoms with Gasteiger partial charge in [-0.15, -0.1) is 0 Å². The van der Waals surface area contributed by atoms with Crippen molar-refractivity contribution in [1.82, 2.24) is 0 Å². The van der Waals surface area contributed by atoms with Crippen molar-refractivity contribution >= 4 is 17.6 Å². The largest absolute Gasteiger partial charge is 1.00 e. The van der Waals surface area contributed by atoms with Gasteiger partial charge in [-0.2, -0.15) is 0 Å². The first-order valence-corrected chi connectivity index (χ1v) is 7.78. The van der Waals surface area contributed by atoms with Crippen molar-refractivity contribution in [2.24, 2.45) is 0 Å². The van der Waals surface area contributed by atoms with Gasteiger partial charge >= 0.3 is 29.6 Å². The number of hydrogen-bond donors (Lipinski definition) is 1. The Hall–Kier alpha value is -0.910. The molecule has 0 aromatic heterocycles. The zero-order chi connectivity index (χ0) is 16.4. The molecule has 1 rings (SSSR count). The van der Waals surface area contributed by atoms with Crippen LogP contribution in [0.2, 0.25) is 0 Å². The van der Waals surface area contributed by atoms with Crippen LogP contribution < -0.4 is 40.0 Å². The summed E-state index contributed by atoms with van der Waals surface area (Å²) >= 11 is 0.